The summed E-state index contributed by atoms with van der Waals surface area (Å²) < 4.78 is 57.4. The van der Waals surface area contributed by atoms with Gasteiger partial charge in [-0.2, -0.15) is 0 Å². The number of hydrogen-bond donors (Lipinski definition) is 1. The Morgan fingerprint density at radius 1 is 1.36 bits per heavy atom. The number of nitrogens with one attached hydrogen (secondary N) is 1. The van der Waals surface area contributed by atoms with Crippen LogP contribution < -0.4 is 11.2 Å². The first-order valence-corrected chi connectivity index (χ1v) is 13.0. The summed E-state index contributed by atoms with van der Waals surface area (Å²) in [5, 5.41) is 0.476. The average Bonchev–Trinajstić information content (AvgIpc) is 3.07. The second kappa shape index (κ2) is 10.6. The number of carbonyl (C=O) groups excluding carboxylic acids is 1. The molecule has 1 N–H and O–H groups in total. The number of rotatable bonds is 7. The van der Waals surface area contributed by atoms with Gasteiger partial charge in [0.2, 0.25) is 0 Å². The molecule has 2 aromatic rings. The van der Waals surface area contributed by atoms with Crippen LogP contribution in [-0.2, 0) is 32.4 Å². The molecule has 0 amide bonds. The van der Waals surface area contributed by atoms with E-state index >= 15 is 4.39 Å². The average molecular weight is 547 g/mol. The number of hydrogen-bond acceptors (Lipinski definition) is 9. The van der Waals surface area contributed by atoms with Gasteiger partial charge in [0.25, 0.3) is 5.56 Å². The standard InChI is InChI=1S/C22H25ClFN2O9P/c1-3-18(28)34-19-16(33-20(22(19,2)24)26-9-7-17(27)25-21(26)29)12-32-36(30)31-10-8-15(35-36)13-5-4-6-14(23)11-13/h4-7,9,11,15-16,19-20H,3,8,10,12H2,1-2H3,(H,25,27,29)/t15-,16+,19+,20?,22-,36+/m0/s1. The molecule has 1 aromatic carbocycles. The van der Waals surface area contributed by atoms with Gasteiger partial charge in [-0.3, -0.25) is 32.7 Å². The number of carbonyl (C=O) groups is 1. The first-order valence-electron chi connectivity index (χ1n) is 11.2. The molecule has 4 rings (SSSR count). The summed E-state index contributed by atoms with van der Waals surface area (Å²) in [4.78, 5) is 37.8. The molecule has 1 aromatic heterocycles. The Morgan fingerprint density at radius 2 is 2.14 bits per heavy atom. The van der Waals surface area contributed by atoms with Crippen molar-refractivity contribution < 1.29 is 36.8 Å². The Bertz CT molecular complexity index is 1280. The molecule has 11 nitrogen and oxygen atoms in total. The van der Waals surface area contributed by atoms with Gasteiger partial charge in [-0.25, -0.2) is 13.8 Å². The third-order valence-corrected chi connectivity index (χ3v) is 7.55. The van der Waals surface area contributed by atoms with E-state index in [1.165, 1.54) is 6.92 Å². The highest BCUT2D eigenvalue weighted by molar-refractivity contribution is 7.48. The van der Waals surface area contributed by atoms with E-state index in [1.54, 1.807) is 24.3 Å². The maximum atomic E-state index is 16.0. The molecule has 0 spiro atoms. The number of phosphoric ester groups is 1. The van der Waals surface area contributed by atoms with E-state index in [4.69, 9.17) is 34.6 Å². The van der Waals surface area contributed by atoms with Crippen LogP contribution in [0, 0.1) is 0 Å². The smallest absolute Gasteiger partial charge is 0.456 e. The summed E-state index contributed by atoms with van der Waals surface area (Å²) in [5.74, 6) is -0.718. The molecule has 2 aliphatic rings. The van der Waals surface area contributed by atoms with Crippen molar-refractivity contribution in [1.82, 2.24) is 9.55 Å². The van der Waals surface area contributed by atoms with Crippen LogP contribution in [0.15, 0.2) is 46.1 Å². The fourth-order valence-electron chi connectivity index (χ4n) is 4.04. The maximum absolute atomic E-state index is 16.0. The Morgan fingerprint density at radius 3 is 2.83 bits per heavy atom. The normalized spacial score (nSPS) is 32.3. The van der Waals surface area contributed by atoms with Crippen LogP contribution in [0.2, 0.25) is 5.02 Å². The van der Waals surface area contributed by atoms with Gasteiger partial charge in [-0.15, -0.1) is 0 Å². The predicted molar refractivity (Wildman–Crippen MR) is 124 cm³/mol. The minimum absolute atomic E-state index is 0.0462. The van der Waals surface area contributed by atoms with Crippen LogP contribution in [-0.4, -0.2) is 46.6 Å². The largest absolute Gasteiger partial charge is 0.475 e. The van der Waals surface area contributed by atoms with Crippen LogP contribution in [0.25, 0.3) is 0 Å². The van der Waals surface area contributed by atoms with Crippen LogP contribution in [0.5, 0.6) is 0 Å². The van der Waals surface area contributed by atoms with Gasteiger partial charge in [0.15, 0.2) is 18.0 Å². The van der Waals surface area contributed by atoms with Crippen molar-refractivity contribution in [1.29, 1.82) is 0 Å². The molecule has 1 unspecified atom stereocenters. The van der Waals surface area contributed by atoms with Crippen molar-refractivity contribution in [3.63, 3.8) is 0 Å². The molecule has 0 saturated carbocycles. The van der Waals surface area contributed by atoms with Gasteiger partial charge in [-0.1, -0.05) is 30.7 Å². The van der Waals surface area contributed by atoms with Gasteiger partial charge < -0.3 is 9.47 Å². The number of nitrogens with zero attached hydrogens (tertiary/aromatic N) is 1. The number of ether oxygens (including phenoxy) is 2. The van der Waals surface area contributed by atoms with Gasteiger partial charge >= 0.3 is 19.5 Å². The SMILES string of the molecule is CCC(=O)O[C@@H]1[C@@H](CO[P@@]2(=O)OCC[C@@H](c3cccc(Cl)c3)O2)OC(n2ccc(=O)[nH]c2=O)[C@@]1(C)F. The van der Waals surface area contributed by atoms with E-state index in [0.29, 0.717) is 17.0 Å². The van der Waals surface area contributed by atoms with Crippen LogP contribution in [0.4, 0.5) is 4.39 Å². The quantitative estimate of drug-likeness (QED) is 0.409. The molecule has 0 aliphatic carbocycles. The Hall–Kier alpha value is -2.34. The van der Waals surface area contributed by atoms with Crippen molar-refractivity contribution in [2.75, 3.05) is 13.2 Å². The molecule has 14 heteroatoms. The number of alkyl halides is 1. The van der Waals surface area contributed by atoms with Crippen LogP contribution >= 0.6 is 19.4 Å². The monoisotopic (exact) mass is 546 g/mol. The lowest BCUT2D eigenvalue weighted by Gasteiger charge is -2.30. The summed E-state index contributed by atoms with van der Waals surface area (Å²) in [6.45, 7) is 2.13. The summed E-state index contributed by atoms with van der Waals surface area (Å²) in [6, 6.07) is 7.86. The topological polar surface area (TPSA) is 135 Å². The van der Waals surface area contributed by atoms with E-state index < -0.39 is 61.9 Å². The lowest BCUT2D eigenvalue weighted by molar-refractivity contribution is -0.158. The third-order valence-electron chi connectivity index (χ3n) is 5.83. The van der Waals surface area contributed by atoms with Gasteiger partial charge in [0, 0.05) is 30.1 Å². The molecule has 2 saturated heterocycles. The van der Waals surface area contributed by atoms with Crippen LogP contribution in [0.3, 0.4) is 0 Å². The highest BCUT2D eigenvalue weighted by Gasteiger charge is 2.58. The van der Waals surface area contributed by atoms with Crippen molar-refractivity contribution in [3.8, 4) is 0 Å². The zero-order chi connectivity index (χ0) is 26.1. The van der Waals surface area contributed by atoms with Crippen molar-refractivity contribution in [2.45, 2.75) is 56.9 Å². The molecule has 2 fully saturated rings. The number of halogens is 2. The number of benzene rings is 1. The molecular weight excluding hydrogens is 522 g/mol. The fourth-order valence-corrected chi connectivity index (χ4v) is 5.64. The Balaban J connectivity index is 1.54. The number of esters is 1. The summed E-state index contributed by atoms with van der Waals surface area (Å²) in [5.41, 5.74) is -3.35. The fraction of sp³-hybridized carbons (Fsp3) is 0.500. The van der Waals surface area contributed by atoms with Crippen molar-refractivity contribution in [3.05, 3.63) is 68.0 Å². The van der Waals surface area contributed by atoms with Crippen molar-refractivity contribution >= 4 is 25.4 Å². The second-order valence-electron chi connectivity index (χ2n) is 8.47. The summed E-state index contributed by atoms with van der Waals surface area (Å²) >= 11 is 6.04. The molecule has 2 aliphatic heterocycles. The van der Waals surface area contributed by atoms with E-state index in [0.717, 1.165) is 23.8 Å². The number of H-pyrrole nitrogens is 1. The first kappa shape index (κ1) is 26.7. The molecule has 0 bridgehead atoms. The Labute approximate surface area is 210 Å². The third kappa shape index (κ3) is 5.64. The predicted octanol–water partition coefficient (Wildman–Crippen LogP) is 3.44. The summed E-state index contributed by atoms with van der Waals surface area (Å²) in [7, 11) is -4.12. The molecule has 196 valence electrons. The minimum atomic E-state index is -4.12. The zero-order valence-corrected chi connectivity index (χ0v) is 21.1. The van der Waals surface area contributed by atoms with E-state index in [9.17, 15) is 18.9 Å². The lowest BCUT2D eigenvalue weighted by Crippen LogP contribution is -2.46. The molecule has 0 radical (unpaired) electrons. The first-order chi connectivity index (χ1) is 17.0. The Kier molecular flexibility index (Phi) is 7.84. The summed E-state index contributed by atoms with van der Waals surface area (Å²) in [6.07, 6.45) is -3.62. The molecule has 3 heterocycles. The van der Waals surface area contributed by atoms with Gasteiger partial charge in [-0.05, 0) is 24.6 Å². The molecule has 36 heavy (non-hydrogen) atoms. The highest BCUT2D eigenvalue weighted by Crippen LogP contribution is 2.57. The van der Waals surface area contributed by atoms with E-state index in [1.807, 2.05) is 4.98 Å². The number of aromatic nitrogens is 2. The van der Waals surface area contributed by atoms with Crippen molar-refractivity contribution in [2.24, 2.45) is 0 Å². The number of aromatic amines is 1. The molecule has 6 atom stereocenters. The minimum Gasteiger partial charge on any atom is -0.456 e. The second-order valence-corrected chi connectivity index (χ2v) is 10.5. The molecular formula is C22H25ClFN2O9P. The highest BCUT2D eigenvalue weighted by atomic mass is 35.5. The van der Waals surface area contributed by atoms with Gasteiger partial charge in [0.05, 0.1) is 19.3 Å². The van der Waals surface area contributed by atoms with Crippen LogP contribution in [0.1, 0.15) is 44.6 Å². The number of phosphoric acid groups is 1. The lowest BCUT2D eigenvalue weighted by atomic mass is 9.98. The van der Waals surface area contributed by atoms with Gasteiger partial charge in [0.1, 0.15) is 6.10 Å². The zero-order valence-electron chi connectivity index (χ0n) is 19.4. The maximum Gasteiger partial charge on any atom is 0.475 e. The van der Waals surface area contributed by atoms with E-state index in [2.05, 4.69) is 0 Å². The van der Waals surface area contributed by atoms with E-state index in [-0.39, 0.29) is 13.0 Å².